The molecule has 164 valence electrons. The number of aryl methyl sites for hydroxylation is 1. The minimum atomic E-state index is -0.944. The SMILES string of the molecule is COC(=O)[C@H](Cc1ccc(F)c(C)c1)NC(=O)OCC1c2ccccc2-c2ccccc21. The van der Waals surface area contributed by atoms with E-state index >= 15 is 0 Å². The van der Waals surface area contributed by atoms with Gasteiger partial charge < -0.3 is 14.8 Å². The number of halogens is 1. The molecule has 1 aliphatic rings. The summed E-state index contributed by atoms with van der Waals surface area (Å²) in [4.78, 5) is 24.8. The number of esters is 1. The van der Waals surface area contributed by atoms with Crippen molar-refractivity contribution >= 4 is 12.1 Å². The molecule has 0 bridgehead atoms. The zero-order valence-electron chi connectivity index (χ0n) is 17.9. The Balaban J connectivity index is 1.45. The van der Waals surface area contributed by atoms with Gasteiger partial charge in [-0.15, -0.1) is 0 Å². The first kappa shape index (κ1) is 21.6. The number of nitrogens with one attached hydrogen (secondary N) is 1. The highest BCUT2D eigenvalue weighted by Gasteiger charge is 2.30. The van der Waals surface area contributed by atoms with Crippen LogP contribution in [0.2, 0.25) is 0 Å². The van der Waals surface area contributed by atoms with Crippen LogP contribution in [0, 0.1) is 12.7 Å². The Bertz CT molecular complexity index is 1110. The van der Waals surface area contributed by atoms with E-state index in [4.69, 9.17) is 9.47 Å². The molecule has 0 heterocycles. The molecule has 5 nitrogen and oxygen atoms in total. The molecule has 0 saturated carbocycles. The Kier molecular flexibility index (Phi) is 6.21. The van der Waals surface area contributed by atoms with Gasteiger partial charge in [-0.1, -0.05) is 60.7 Å². The Morgan fingerprint density at radius 1 is 1.00 bits per heavy atom. The maximum atomic E-state index is 13.5. The van der Waals surface area contributed by atoms with Crippen molar-refractivity contribution in [1.29, 1.82) is 0 Å². The van der Waals surface area contributed by atoms with E-state index in [0.29, 0.717) is 11.1 Å². The molecule has 0 fully saturated rings. The molecule has 4 rings (SSSR count). The van der Waals surface area contributed by atoms with Gasteiger partial charge in [0.25, 0.3) is 0 Å². The largest absolute Gasteiger partial charge is 0.467 e. The molecule has 0 aliphatic heterocycles. The Hall–Kier alpha value is -3.67. The van der Waals surface area contributed by atoms with Gasteiger partial charge >= 0.3 is 12.1 Å². The van der Waals surface area contributed by atoms with Crippen LogP contribution in [0.3, 0.4) is 0 Å². The number of benzene rings is 3. The Morgan fingerprint density at radius 3 is 2.22 bits per heavy atom. The van der Waals surface area contributed by atoms with Crippen molar-refractivity contribution in [3.05, 3.63) is 94.8 Å². The highest BCUT2D eigenvalue weighted by atomic mass is 19.1. The van der Waals surface area contributed by atoms with Gasteiger partial charge in [0.05, 0.1) is 7.11 Å². The molecule has 1 amide bonds. The summed E-state index contributed by atoms with van der Waals surface area (Å²) in [5.41, 5.74) is 5.65. The lowest BCUT2D eigenvalue weighted by atomic mass is 9.98. The number of amides is 1. The van der Waals surface area contributed by atoms with Crippen LogP contribution in [0.5, 0.6) is 0 Å². The fraction of sp³-hybridized carbons (Fsp3) is 0.231. The second kappa shape index (κ2) is 9.22. The summed E-state index contributed by atoms with van der Waals surface area (Å²) in [7, 11) is 1.25. The fourth-order valence-corrected chi connectivity index (χ4v) is 4.19. The minimum absolute atomic E-state index is 0.0792. The number of rotatable bonds is 6. The fourth-order valence-electron chi connectivity index (χ4n) is 4.19. The highest BCUT2D eigenvalue weighted by molar-refractivity contribution is 5.82. The van der Waals surface area contributed by atoms with Crippen LogP contribution in [-0.4, -0.2) is 31.8 Å². The van der Waals surface area contributed by atoms with Gasteiger partial charge in [0.15, 0.2) is 0 Å². The van der Waals surface area contributed by atoms with E-state index in [0.717, 1.165) is 22.3 Å². The molecule has 0 radical (unpaired) electrons. The number of methoxy groups -OCH3 is 1. The van der Waals surface area contributed by atoms with Crippen molar-refractivity contribution in [2.75, 3.05) is 13.7 Å². The van der Waals surface area contributed by atoms with Crippen molar-refractivity contribution in [3.8, 4) is 11.1 Å². The van der Waals surface area contributed by atoms with Crippen LogP contribution in [0.15, 0.2) is 66.7 Å². The molecule has 3 aromatic carbocycles. The van der Waals surface area contributed by atoms with Crippen LogP contribution in [-0.2, 0) is 20.7 Å². The van der Waals surface area contributed by atoms with E-state index in [1.165, 1.54) is 13.2 Å². The maximum absolute atomic E-state index is 13.5. The highest BCUT2D eigenvalue weighted by Crippen LogP contribution is 2.44. The summed E-state index contributed by atoms with van der Waals surface area (Å²) in [6, 6.07) is 19.7. The molecule has 32 heavy (non-hydrogen) atoms. The number of carbonyl (C=O) groups is 2. The quantitative estimate of drug-likeness (QED) is 0.570. The van der Waals surface area contributed by atoms with Gasteiger partial charge in [-0.25, -0.2) is 14.0 Å². The number of carbonyl (C=O) groups excluding carboxylic acids is 2. The molecule has 0 spiro atoms. The van der Waals surface area contributed by atoms with Crippen LogP contribution in [0.1, 0.15) is 28.2 Å². The second-order valence-electron chi connectivity index (χ2n) is 7.83. The number of hydrogen-bond acceptors (Lipinski definition) is 4. The van der Waals surface area contributed by atoms with Gasteiger partial charge in [-0.3, -0.25) is 0 Å². The smallest absolute Gasteiger partial charge is 0.407 e. The van der Waals surface area contributed by atoms with Gasteiger partial charge in [0.1, 0.15) is 18.5 Å². The monoisotopic (exact) mass is 433 g/mol. The normalized spacial score (nSPS) is 13.1. The summed E-state index contributed by atoms with van der Waals surface area (Å²) >= 11 is 0. The third kappa shape index (κ3) is 4.35. The summed E-state index contributed by atoms with van der Waals surface area (Å²) in [5.74, 6) is -1.00. The average molecular weight is 433 g/mol. The summed E-state index contributed by atoms with van der Waals surface area (Å²) in [6.45, 7) is 1.79. The van der Waals surface area contributed by atoms with Crippen molar-refractivity contribution in [2.24, 2.45) is 0 Å². The molecule has 1 atom stereocenters. The molecule has 0 unspecified atom stereocenters. The molecule has 6 heteroatoms. The van der Waals surface area contributed by atoms with Crippen molar-refractivity contribution < 1.29 is 23.5 Å². The Morgan fingerprint density at radius 2 is 1.62 bits per heavy atom. The zero-order chi connectivity index (χ0) is 22.7. The van der Waals surface area contributed by atoms with Crippen molar-refractivity contribution in [1.82, 2.24) is 5.32 Å². The lowest BCUT2D eigenvalue weighted by Gasteiger charge is -2.19. The average Bonchev–Trinajstić information content (AvgIpc) is 3.13. The van der Waals surface area contributed by atoms with Gasteiger partial charge in [-0.2, -0.15) is 0 Å². The molecule has 1 aliphatic carbocycles. The van der Waals surface area contributed by atoms with Crippen LogP contribution >= 0.6 is 0 Å². The molecule has 3 aromatic rings. The third-order valence-electron chi connectivity index (χ3n) is 5.78. The molecule has 1 N–H and O–H groups in total. The van der Waals surface area contributed by atoms with E-state index < -0.39 is 18.1 Å². The Labute approximate surface area is 186 Å². The molecule has 0 saturated heterocycles. The van der Waals surface area contributed by atoms with Crippen LogP contribution in [0.4, 0.5) is 9.18 Å². The summed E-state index contributed by atoms with van der Waals surface area (Å²) in [6.07, 6.45) is -0.543. The summed E-state index contributed by atoms with van der Waals surface area (Å²) < 4.78 is 23.9. The van der Waals surface area contributed by atoms with Crippen molar-refractivity contribution in [3.63, 3.8) is 0 Å². The van der Waals surface area contributed by atoms with Gasteiger partial charge in [0, 0.05) is 12.3 Å². The van der Waals surface area contributed by atoms with E-state index in [9.17, 15) is 14.0 Å². The van der Waals surface area contributed by atoms with Crippen molar-refractivity contribution in [2.45, 2.75) is 25.3 Å². The number of fused-ring (bicyclic) bond motifs is 3. The van der Waals surface area contributed by atoms with E-state index in [1.54, 1.807) is 19.1 Å². The first-order valence-electron chi connectivity index (χ1n) is 10.4. The second-order valence-corrected chi connectivity index (χ2v) is 7.83. The number of hydrogen-bond donors (Lipinski definition) is 1. The maximum Gasteiger partial charge on any atom is 0.407 e. The van der Waals surface area contributed by atoms with Crippen LogP contribution < -0.4 is 5.32 Å². The van der Waals surface area contributed by atoms with E-state index in [-0.39, 0.29) is 24.8 Å². The predicted molar refractivity (Wildman–Crippen MR) is 119 cm³/mol. The standard InChI is InChI=1S/C26H24FNO4/c1-16-13-17(11-12-23(16)27)14-24(25(29)31-2)28-26(30)32-15-22-20-9-5-3-7-18(20)19-8-4-6-10-21(19)22/h3-13,22,24H,14-15H2,1-2H3,(H,28,30)/t24-/m0/s1. The lowest BCUT2D eigenvalue weighted by molar-refractivity contribution is -0.143. The minimum Gasteiger partial charge on any atom is -0.467 e. The van der Waals surface area contributed by atoms with Gasteiger partial charge in [0.2, 0.25) is 0 Å². The number of ether oxygens (including phenoxy) is 2. The first-order valence-corrected chi connectivity index (χ1v) is 10.4. The van der Waals surface area contributed by atoms with Gasteiger partial charge in [-0.05, 0) is 46.4 Å². The third-order valence-corrected chi connectivity index (χ3v) is 5.78. The molecule has 0 aromatic heterocycles. The lowest BCUT2D eigenvalue weighted by Crippen LogP contribution is -2.43. The predicted octanol–water partition coefficient (Wildman–Crippen LogP) is 4.76. The van der Waals surface area contributed by atoms with E-state index in [2.05, 4.69) is 17.4 Å². The van der Waals surface area contributed by atoms with Crippen LogP contribution in [0.25, 0.3) is 11.1 Å². The zero-order valence-corrected chi connectivity index (χ0v) is 17.9. The summed E-state index contributed by atoms with van der Waals surface area (Å²) in [5, 5.41) is 2.59. The van der Waals surface area contributed by atoms with E-state index in [1.807, 2.05) is 36.4 Å². The topological polar surface area (TPSA) is 64.6 Å². The molecular formula is C26H24FNO4. The molecular weight excluding hydrogens is 409 g/mol. The first-order chi connectivity index (χ1) is 15.5. The number of alkyl carbamates (subject to hydrolysis) is 1.